The number of pyridine rings is 1. The number of hydrogen-bond acceptors (Lipinski definition) is 11. The molecule has 15 heteroatoms. The highest BCUT2D eigenvalue weighted by Gasteiger charge is 2.53. The Balaban J connectivity index is 1.52. The number of aliphatic carboxylic acids is 2. The first-order valence-electron chi connectivity index (χ1n) is 11.5. The number of allylic oxidation sites excluding steroid dienone is 2. The number of rotatable bonds is 10. The van der Waals surface area contributed by atoms with Gasteiger partial charge >= 0.3 is 5.97 Å². The molecule has 204 valence electrons. The average Bonchev–Trinajstić information content (AvgIpc) is 3.32. The Morgan fingerprint density at radius 2 is 2.08 bits per heavy atom. The van der Waals surface area contributed by atoms with Crippen LogP contribution in [0.25, 0.3) is 0 Å². The van der Waals surface area contributed by atoms with Crippen molar-refractivity contribution < 1.29 is 38.8 Å². The number of carbonyl (C=O) groups is 4. The molecule has 0 aliphatic carbocycles. The summed E-state index contributed by atoms with van der Waals surface area (Å²) in [5.41, 5.74) is 3.71. The molecular formula is C24H24N6O7S2. The van der Waals surface area contributed by atoms with E-state index in [-0.39, 0.29) is 28.0 Å². The Morgan fingerprint density at radius 1 is 1.36 bits per heavy atom. The third kappa shape index (κ3) is 5.93. The highest BCUT2D eigenvalue weighted by molar-refractivity contribution is 8.00. The second-order valence-electron chi connectivity index (χ2n) is 8.91. The van der Waals surface area contributed by atoms with Crippen LogP contribution in [0.15, 0.2) is 64.6 Å². The third-order valence-electron chi connectivity index (χ3n) is 5.75. The van der Waals surface area contributed by atoms with E-state index in [1.54, 1.807) is 12.2 Å². The highest BCUT2D eigenvalue weighted by Crippen LogP contribution is 2.40. The van der Waals surface area contributed by atoms with Gasteiger partial charge in [0.15, 0.2) is 29.8 Å². The van der Waals surface area contributed by atoms with E-state index >= 15 is 0 Å². The van der Waals surface area contributed by atoms with Gasteiger partial charge in [0, 0.05) is 23.3 Å². The van der Waals surface area contributed by atoms with Crippen LogP contribution in [-0.2, 0) is 30.6 Å². The predicted molar refractivity (Wildman–Crippen MR) is 139 cm³/mol. The smallest absolute Gasteiger partial charge is 0.350 e. The number of carbonyl (C=O) groups excluding carboxylic acids is 3. The Bertz CT molecular complexity index is 1400. The molecule has 39 heavy (non-hydrogen) atoms. The Morgan fingerprint density at radius 3 is 2.69 bits per heavy atom. The summed E-state index contributed by atoms with van der Waals surface area (Å²) in [4.78, 5) is 59.7. The number of carboxylic acids is 2. The van der Waals surface area contributed by atoms with Gasteiger partial charge in [-0.05, 0) is 25.5 Å². The summed E-state index contributed by atoms with van der Waals surface area (Å²) in [6.07, 6.45) is 7.15. The molecule has 2 aliphatic rings. The molecule has 1 fully saturated rings. The lowest BCUT2D eigenvalue weighted by atomic mass is 10.0. The number of nitrogens with two attached hydrogens (primary N) is 1. The number of oxime groups is 1. The van der Waals surface area contributed by atoms with Gasteiger partial charge in [-0.25, -0.2) is 14.3 Å². The third-order valence-corrected chi connectivity index (χ3v) is 7.73. The van der Waals surface area contributed by atoms with Gasteiger partial charge in [-0.2, -0.15) is 0 Å². The molecule has 2 amide bonds. The summed E-state index contributed by atoms with van der Waals surface area (Å²) >= 11 is 2.30. The van der Waals surface area contributed by atoms with Crippen LogP contribution in [-0.4, -0.2) is 67.2 Å². The minimum absolute atomic E-state index is 0.0233. The summed E-state index contributed by atoms with van der Waals surface area (Å²) in [5, 5.41) is 28.4. The van der Waals surface area contributed by atoms with E-state index in [1.807, 2.05) is 35.2 Å². The van der Waals surface area contributed by atoms with Crippen molar-refractivity contribution in [3.63, 3.8) is 0 Å². The molecule has 0 radical (unpaired) electrons. The van der Waals surface area contributed by atoms with E-state index in [0.717, 1.165) is 16.2 Å². The highest BCUT2D eigenvalue weighted by atomic mass is 32.2. The van der Waals surface area contributed by atoms with Gasteiger partial charge in [-0.1, -0.05) is 17.3 Å². The second kappa shape index (κ2) is 11.2. The van der Waals surface area contributed by atoms with E-state index in [1.165, 1.54) is 31.0 Å². The first-order chi connectivity index (χ1) is 18.5. The Labute approximate surface area is 230 Å². The van der Waals surface area contributed by atoms with E-state index in [0.29, 0.717) is 12.1 Å². The van der Waals surface area contributed by atoms with Crippen molar-refractivity contribution in [1.82, 2.24) is 15.2 Å². The lowest BCUT2D eigenvalue weighted by Crippen LogP contribution is -2.71. The molecule has 0 bridgehead atoms. The number of thiazole rings is 1. The molecule has 2 aliphatic heterocycles. The number of nitrogens with zero attached hydrogens (tertiary/aromatic N) is 4. The van der Waals surface area contributed by atoms with Crippen LogP contribution in [0, 0.1) is 0 Å². The van der Waals surface area contributed by atoms with Crippen LogP contribution < -0.4 is 20.7 Å². The van der Waals surface area contributed by atoms with E-state index in [9.17, 15) is 29.4 Å². The fourth-order valence-corrected chi connectivity index (χ4v) is 5.51. The zero-order valence-electron chi connectivity index (χ0n) is 20.8. The van der Waals surface area contributed by atoms with Crippen molar-refractivity contribution >= 4 is 57.7 Å². The number of β-lactam (4-membered cyclic amide) rings is 1. The summed E-state index contributed by atoms with van der Waals surface area (Å²) in [6, 6.07) is 4.54. The van der Waals surface area contributed by atoms with Gasteiger partial charge in [0.25, 0.3) is 11.8 Å². The molecule has 0 spiro atoms. The van der Waals surface area contributed by atoms with Crippen LogP contribution >= 0.6 is 23.1 Å². The number of nitrogen functional groups attached to an aromatic ring is 1. The molecule has 1 saturated heterocycles. The van der Waals surface area contributed by atoms with Gasteiger partial charge in [-0.3, -0.25) is 14.5 Å². The quantitative estimate of drug-likeness (QED) is 0.141. The first kappa shape index (κ1) is 27.8. The molecule has 4 N–H and O–H groups in total. The zero-order valence-corrected chi connectivity index (χ0v) is 22.4. The number of fused-ring (bicyclic) bond motifs is 1. The molecule has 4 rings (SSSR count). The van der Waals surface area contributed by atoms with Crippen molar-refractivity contribution in [1.29, 1.82) is 0 Å². The summed E-state index contributed by atoms with van der Waals surface area (Å²) in [7, 11) is 0. The van der Waals surface area contributed by atoms with Gasteiger partial charge in [-0.15, -0.1) is 23.1 Å². The maximum absolute atomic E-state index is 13.1. The van der Waals surface area contributed by atoms with Crippen molar-refractivity contribution in [2.75, 3.05) is 11.5 Å². The monoisotopic (exact) mass is 572 g/mol. The fraction of sp³-hybridized carbons (Fsp3) is 0.292. The molecule has 2 atom stereocenters. The lowest BCUT2D eigenvalue weighted by Gasteiger charge is -2.50. The number of carboxylic acid groups (broad SMARTS) is 2. The maximum atomic E-state index is 13.1. The normalized spacial score (nSPS) is 19.5. The van der Waals surface area contributed by atoms with Gasteiger partial charge in [0.2, 0.25) is 5.60 Å². The first-order valence-corrected chi connectivity index (χ1v) is 13.4. The molecule has 2 aromatic heterocycles. The number of thioether (sulfide) groups is 1. The minimum atomic E-state index is -1.76. The molecular weight excluding hydrogens is 548 g/mol. The molecule has 2 aromatic rings. The largest absolute Gasteiger partial charge is 0.543 e. The van der Waals surface area contributed by atoms with Crippen LogP contribution in [0.1, 0.15) is 19.5 Å². The predicted octanol–water partition coefficient (Wildman–Crippen LogP) is -0.743. The van der Waals surface area contributed by atoms with E-state index < -0.39 is 40.8 Å². The van der Waals surface area contributed by atoms with Crippen molar-refractivity contribution in [3.8, 4) is 0 Å². The van der Waals surface area contributed by atoms with Gasteiger partial charge in [0.1, 0.15) is 17.1 Å². The van der Waals surface area contributed by atoms with Gasteiger partial charge in [0.05, 0.1) is 11.7 Å². The van der Waals surface area contributed by atoms with Crippen LogP contribution in [0.3, 0.4) is 0 Å². The lowest BCUT2D eigenvalue weighted by molar-refractivity contribution is -0.687. The standard InChI is InChI=1S/C24H24N6O7S2/c1-24(2,22(35)36)37-28-15(14-12-39-23(25)26-14)18(31)27-16-19(32)30-17(21(33)34)13(11-38-20(16)30)7-6-10-29-8-4-3-5-9-29/h3-9,12,16,20H,10-11H2,1-2H3,(H4-,25,26,27,31,33,34,35,36)/b7-6+,28-15+/t16?,20-/m1/s1. The van der Waals surface area contributed by atoms with Crippen molar-refractivity contribution in [2.24, 2.45) is 5.16 Å². The topological polar surface area (TPSA) is 191 Å². The number of hydrogen-bond donors (Lipinski definition) is 3. The zero-order chi connectivity index (χ0) is 28.3. The summed E-state index contributed by atoms with van der Waals surface area (Å²) in [5.74, 6) is -4.08. The number of nitrogens with one attached hydrogen (secondary N) is 1. The number of aromatic nitrogens is 2. The van der Waals surface area contributed by atoms with E-state index in [4.69, 9.17) is 10.6 Å². The number of amides is 2. The molecule has 4 heterocycles. The van der Waals surface area contributed by atoms with Gasteiger partial charge < -0.3 is 30.9 Å². The Hall–Kier alpha value is -4.24. The molecule has 0 saturated carbocycles. The SMILES string of the molecule is CC(C)(O/N=C(/C(=O)NC1C(=O)N2C(C(=O)[O-])=C(/C=C/C[n+]3ccccc3)CS[C@H]12)c1csc(N)n1)C(=O)O. The van der Waals surface area contributed by atoms with Crippen molar-refractivity contribution in [3.05, 3.63) is 65.1 Å². The van der Waals surface area contributed by atoms with Crippen LogP contribution in [0.4, 0.5) is 5.13 Å². The molecule has 0 aromatic carbocycles. The second-order valence-corrected chi connectivity index (χ2v) is 10.9. The molecule has 1 unspecified atom stereocenters. The van der Waals surface area contributed by atoms with Crippen molar-refractivity contribution in [2.45, 2.75) is 37.4 Å². The van der Waals surface area contributed by atoms with Crippen LogP contribution in [0.5, 0.6) is 0 Å². The minimum Gasteiger partial charge on any atom is -0.543 e. The molecule has 13 nitrogen and oxygen atoms in total. The summed E-state index contributed by atoms with van der Waals surface area (Å²) in [6.45, 7) is 2.98. The fourth-order valence-electron chi connectivity index (χ4n) is 3.64. The summed E-state index contributed by atoms with van der Waals surface area (Å²) < 4.78 is 1.89. The maximum Gasteiger partial charge on any atom is 0.350 e. The number of anilines is 1. The Kier molecular flexibility index (Phi) is 8.01. The average molecular weight is 573 g/mol. The van der Waals surface area contributed by atoms with Crippen LogP contribution in [0.2, 0.25) is 0 Å². The van der Waals surface area contributed by atoms with E-state index in [2.05, 4.69) is 15.5 Å².